The number of benzene rings is 1. The van der Waals surface area contributed by atoms with Gasteiger partial charge in [0.15, 0.2) is 5.96 Å². The van der Waals surface area contributed by atoms with Crippen molar-refractivity contribution in [3.63, 3.8) is 0 Å². The molecule has 1 amide bonds. The van der Waals surface area contributed by atoms with Gasteiger partial charge in [0.05, 0.1) is 19.8 Å². The maximum atomic E-state index is 12.2. The van der Waals surface area contributed by atoms with Crippen molar-refractivity contribution in [2.45, 2.75) is 53.6 Å². The lowest BCUT2D eigenvalue weighted by Crippen LogP contribution is -2.52. The van der Waals surface area contributed by atoms with E-state index in [2.05, 4.69) is 41.6 Å². The van der Waals surface area contributed by atoms with Crippen LogP contribution in [0.15, 0.2) is 29.3 Å². The average molecular weight is 432 g/mol. The molecule has 1 saturated heterocycles. The van der Waals surface area contributed by atoms with E-state index in [0.29, 0.717) is 18.5 Å². The van der Waals surface area contributed by atoms with Crippen molar-refractivity contribution in [1.29, 1.82) is 0 Å². The molecular weight excluding hydrogens is 390 g/mol. The monoisotopic (exact) mass is 431 g/mol. The van der Waals surface area contributed by atoms with E-state index in [4.69, 9.17) is 9.73 Å². The zero-order valence-electron chi connectivity index (χ0n) is 19.9. The molecule has 0 bridgehead atoms. The second-order valence-electron chi connectivity index (χ2n) is 8.53. The summed E-state index contributed by atoms with van der Waals surface area (Å²) in [4.78, 5) is 19.4. The number of amides is 1. The normalized spacial score (nSPS) is 17.3. The number of morpholine rings is 1. The van der Waals surface area contributed by atoms with E-state index in [1.807, 2.05) is 38.1 Å². The average Bonchev–Trinajstić information content (AvgIpc) is 2.77. The number of nitrogens with one attached hydrogen (secondary N) is 3. The number of aliphatic imine (C=N–C) groups is 1. The first-order valence-corrected chi connectivity index (χ1v) is 11.7. The van der Waals surface area contributed by atoms with Crippen molar-refractivity contribution in [2.24, 2.45) is 16.8 Å². The van der Waals surface area contributed by atoms with Gasteiger partial charge in [0.25, 0.3) is 0 Å². The number of anilines is 1. The van der Waals surface area contributed by atoms with Crippen LogP contribution in [0.25, 0.3) is 0 Å². The Labute approximate surface area is 188 Å². The van der Waals surface area contributed by atoms with Crippen molar-refractivity contribution < 1.29 is 9.53 Å². The van der Waals surface area contributed by atoms with E-state index in [-0.39, 0.29) is 11.8 Å². The maximum absolute atomic E-state index is 12.2. The number of ether oxygens (including phenoxy) is 1. The van der Waals surface area contributed by atoms with Gasteiger partial charge < -0.3 is 20.7 Å². The minimum absolute atomic E-state index is 0.00611. The lowest BCUT2D eigenvalue weighted by molar-refractivity contribution is -0.119. The summed E-state index contributed by atoms with van der Waals surface area (Å²) in [6.45, 7) is 16.3. The zero-order chi connectivity index (χ0) is 22.6. The van der Waals surface area contributed by atoms with Crippen LogP contribution in [0.5, 0.6) is 0 Å². The van der Waals surface area contributed by atoms with Crippen LogP contribution < -0.4 is 16.0 Å². The molecule has 1 heterocycles. The first-order valence-electron chi connectivity index (χ1n) is 11.7. The van der Waals surface area contributed by atoms with Crippen molar-refractivity contribution >= 4 is 17.6 Å². The summed E-state index contributed by atoms with van der Waals surface area (Å²) in [5, 5.41) is 9.87. The molecule has 1 aliphatic heterocycles. The molecule has 0 saturated carbocycles. The minimum atomic E-state index is 0.00611. The molecule has 2 rings (SSSR count). The van der Waals surface area contributed by atoms with E-state index in [1.54, 1.807) is 0 Å². The summed E-state index contributed by atoms with van der Waals surface area (Å²) in [6, 6.07) is 8.36. The largest absolute Gasteiger partial charge is 0.379 e. The summed E-state index contributed by atoms with van der Waals surface area (Å²) in [6.07, 6.45) is 0.829. The SMILES string of the molecule is CCNC(=NCc1cccc(NC(=O)C(C)CC)c1)NCC(C(C)C)N1CCOCC1. The molecule has 0 aliphatic carbocycles. The van der Waals surface area contributed by atoms with Crippen LogP contribution in [0.2, 0.25) is 0 Å². The number of hydrogen-bond donors (Lipinski definition) is 3. The Morgan fingerprint density at radius 2 is 1.90 bits per heavy atom. The smallest absolute Gasteiger partial charge is 0.227 e. The van der Waals surface area contributed by atoms with Gasteiger partial charge in [-0.1, -0.05) is 39.8 Å². The fourth-order valence-corrected chi connectivity index (χ4v) is 3.61. The summed E-state index contributed by atoms with van der Waals surface area (Å²) in [5.41, 5.74) is 1.89. The number of rotatable bonds is 10. The molecule has 174 valence electrons. The fourth-order valence-electron chi connectivity index (χ4n) is 3.61. The molecule has 0 radical (unpaired) electrons. The summed E-state index contributed by atoms with van der Waals surface area (Å²) in [7, 11) is 0. The van der Waals surface area contributed by atoms with Crippen LogP contribution in [-0.4, -0.2) is 62.2 Å². The van der Waals surface area contributed by atoms with Gasteiger partial charge in [-0.25, -0.2) is 4.99 Å². The summed E-state index contributed by atoms with van der Waals surface area (Å²) >= 11 is 0. The Morgan fingerprint density at radius 1 is 1.16 bits per heavy atom. The number of nitrogens with zero attached hydrogens (tertiary/aromatic N) is 2. The molecule has 1 fully saturated rings. The van der Waals surface area contributed by atoms with Crippen molar-refractivity contribution in [1.82, 2.24) is 15.5 Å². The van der Waals surface area contributed by atoms with Crippen LogP contribution in [0.1, 0.15) is 46.6 Å². The number of carbonyl (C=O) groups excluding carboxylic acids is 1. The van der Waals surface area contributed by atoms with Gasteiger partial charge in [0, 0.05) is 43.8 Å². The molecule has 0 aromatic heterocycles. The molecular formula is C24H41N5O2. The van der Waals surface area contributed by atoms with E-state index < -0.39 is 0 Å². The van der Waals surface area contributed by atoms with E-state index in [1.165, 1.54) is 0 Å². The van der Waals surface area contributed by atoms with Crippen molar-refractivity contribution in [3.05, 3.63) is 29.8 Å². The highest BCUT2D eigenvalue weighted by atomic mass is 16.5. The van der Waals surface area contributed by atoms with Gasteiger partial charge in [-0.3, -0.25) is 9.69 Å². The van der Waals surface area contributed by atoms with E-state index in [0.717, 1.165) is 63.0 Å². The lowest BCUT2D eigenvalue weighted by Gasteiger charge is -2.37. The van der Waals surface area contributed by atoms with Crippen LogP contribution in [0.4, 0.5) is 5.69 Å². The van der Waals surface area contributed by atoms with Crippen molar-refractivity contribution in [3.8, 4) is 0 Å². The summed E-state index contributed by atoms with van der Waals surface area (Å²) in [5.74, 6) is 1.42. The Morgan fingerprint density at radius 3 is 2.55 bits per heavy atom. The topological polar surface area (TPSA) is 78.0 Å². The van der Waals surface area contributed by atoms with Gasteiger partial charge in [-0.15, -0.1) is 0 Å². The molecule has 0 spiro atoms. The molecule has 1 aromatic rings. The Hall–Kier alpha value is -2.12. The number of hydrogen-bond acceptors (Lipinski definition) is 4. The Bertz CT molecular complexity index is 701. The van der Waals surface area contributed by atoms with Crippen LogP contribution in [-0.2, 0) is 16.1 Å². The molecule has 7 heteroatoms. The van der Waals surface area contributed by atoms with E-state index in [9.17, 15) is 4.79 Å². The van der Waals surface area contributed by atoms with Gasteiger partial charge in [-0.05, 0) is 37.0 Å². The molecule has 7 nitrogen and oxygen atoms in total. The predicted molar refractivity (Wildman–Crippen MR) is 128 cm³/mol. The maximum Gasteiger partial charge on any atom is 0.227 e. The third-order valence-corrected chi connectivity index (χ3v) is 5.78. The third-order valence-electron chi connectivity index (χ3n) is 5.78. The number of carbonyl (C=O) groups is 1. The lowest BCUT2D eigenvalue weighted by atomic mass is 10.0. The molecule has 1 aromatic carbocycles. The van der Waals surface area contributed by atoms with Crippen LogP contribution >= 0.6 is 0 Å². The van der Waals surface area contributed by atoms with Crippen molar-refractivity contribution in [2.75, 3.05) is 44.7 Å². The standard InChI is InChI=1S/C24H41N5O2/c1-6-19(5)23(30)28-21-10-8-9-20(15-21)16-26-24(25-7-2)27-17-22(18(3)4)29-11-13-31-14-12-29/h8-10,15,18-19,22H,6-7,11-14,16-17H2,1-5H3,(H,28,30)(H2,25,26,27). The van der Waals surface area contributed by atoms with E-state index >= 15 is 0 Å². The first kappa shape index (κ1) is 25.1. The Balaban J connectivity index is 1.98. The van der Waals surface area contributed by atoms with Gasteiger partial charge in [-0.2, -0.15) is 0 Å². The number of guanidine groups is 1. The quantitative estimate of drug-likeness (QED) is 0.392. The highest BCUT2D eigenvalue weighted by Gasteiger charge is 2.23. The second-order valence-corrected chi connectivity index (χ2v) is 8.53. The first-order chi connectivity index (χ1) is 14.9. The molecule has 3 N–H and O–H groups in total. The van der Waals surface area contributed by atoms with Gasteiger partial charge in [0.2, 0.25) is 5.91 Å². The molecule has 1 aliphatic rings. The highest BCUT2D eigenvalue weighted by molar-refractivity contribution is 5.92. The third kappa shape index (κ3) is 8.50. The van der Waals surface area contributed by atoms with Crippen LogP contribution in [0.3, 0.4) is 0 Å². The molecule has 31 heavy (non-hydrogen) atoms. The Kier molecular flexibility index (Phi) is 10.8. The van der Waals surface area contributed by atoms with Crippen LogP contribution in [0, 0.1) is 11.8 Å². The highest BCUT2D eigenvalue weighted by Crippen LogP contribution is 2.14. The zero-order valence-corrected chi connectivity index (χ0v) is 19.9. The van der Waals surface area contributed by atoms with Gasteiger partial charge >= 0.3 is 0 Å². The fraction of sp³-hybridized carbons (Fsp3) is 0.667. The van der Waals surface area contributed by atoms with Gasteiger partial charge in [0.1, 0.15) is 0 Å². The minimum Gasteiger partial charge on any atom is -0.379 e. The predicted octanol–water partition coefficient (Wildman–Crippen LogP) is 3.08. The summed E-state index contributed by atoms with van der Waals surface area (Å²) < 4.78 is 5.51. The molecule has 2 atom stereocenters. The molecule has 2 unspecified atom stereocenters. The second kappa shape index (κ2) is 13.3.